The van der Waals surface area contributed by atoms with E-state index < -0.39 is 0 Å². The summed E-state index contributed by atoms with van der Waals surface area (Å²) in [5.41, 5.74) is 1.21. The monoisotopic (exact) mass is 168 g/mol. The smallest absolute Gasteiger partial charge is 0.0574 e. The second-order valence-corrected chi connectivity index (χ2v) is 4.15. The first-order valence-corrected chi connectivity index (χ1v) is 4.96. The molecule has 1 aliphatic carbocycles. The van der Waals surface area contributed by atoms with Gasteiger partial charge in [-0.05, 0) is 31.6 Å². The normalized spacial score (nSPS) is 32.9. The highest BCUT2D eigenvalue weighted by molar-refractivity contribution is 4.99. The topological polar surface area (TPSA) is 20.2 Å². The lowest BCUT2D eigenvalue weighted by Crippen LogP contribution is -2.30. The largest absolute Gasteiger partial charge is 0.393 e. The van der Waals surface area contributed by atoms with Gasteiger partial charge in [0.1, 0.15) is 0 Å². The molecule has 0 heterocycles. The molecule has 3 unspecified atom stereocenters. The Bertz CT molecular complexity index is 162. The Morgan fingerprint density at radius 2 is 2.00 bits per heavy atom. The second kappa shape index (κ2) is 4.08. The summed E-state index contributed by atoms with van der Waals surface area (Å²) in [5, 5.41) is 9.75. The predicted octanol–water partition coefficient (Wildman–Crippen LogP) is 2.75. The summed E-state index contributed by atoms with van der Waals surface area (Å²) < 4.78 is 0. The Balaban J connectivity index is 2.53. The zero-order valence-electron chi connectivity index (χ0n) is 8.21. The number of aliphatic hydroxyl groups excluding tert-OH is 1. The molecule has 3 atom stereocenters. The van der Waals surface area contributed by atoms with E-state index in [1.165, 1.54) is 24.8 Å². The number of aliphatic hydroxyl groups is 1. The lowest BCUT2D eigenvalue weighted by Gasteiger charge is -2.32. The van der Waals surface area contributed by atoms with E-state index in [1.807, 2.05) is 0 Å². The van der Waals surface area contributed by atoms with Crippen LogP contribution in [-0.2, 0) is 0 Å². The van der Waals surface area contributed by atoms with E-state index in [0.717, 1.165) is 6.42 Å². The van der Waals surface area contributed by atoms with Crippen molar-refractivity contribution in [1.29, 1.82) is 0 Å². The quantitative estimate of drug-likeness (QED) is 0.629. The fourth-order valence-electron chi connectivity index (χ4n) is 2.09. The Morgan fingerprint density at radius 3 is 2.50 bits per heavy atom. The van der Waals surface area contributed by atoms with E-state index in [0.29, 0.717) is 11.8 Å². The van der Waals surface area contributed by atoms with Crippen molar-refractivity contribution in [1.82, 2.24) is 0 Å². The minimum Gasteiger partial charge on any atom is -0.393 e. The standard InChI is InChI=1S/C11H20O/c1-8(2)9(3)10-6-4-5-7-11(10)12/h9-12H,1,4-7H2,2-3H3. The van der Waals surface area contributed by atoms with Gasteiger partial charge < -0.3 is 5.11 Å². The average Bonchev–Trinajstić information content (AvgIpc) is 2.04. The van der Waals surface area contributed by atoms with Gasteiger partial charge in [0.15, 0.2) is 0 Å². The zero-order valence-corrected chi connectivity index (χ0v) is 8.21. The van der Waals surface area contributed by atoms with E-state index in [1.54, 1.807) is 0 Å². The van der Waals surface area contributed by atoms with Crippen molar-refractivity contribution < 1.29 is 5.11 Å². The third-order valence-electron chi connectivity index (χ3n) is 3.20. The van der Waals surface area contributed by atoms with Gasteiger partial charge in [-0.25, -0.2) is 0 Å². The second-order valence-electron chi connectivity index (χ2n) is 4.15. The molecule has 0 radical (unpaired) electrons. The summed E-state index contributed by atoms with van der Waals surface area (Å²) in [5.74, 6) is 0.955. The summed E-state index contributed by atoms with van der Waals surface area (Å²) in [6.45, 7) is 8.20. The van der Waals surface area contributed by atoms with Crippen LogP contribution in [0.1, 0.15) is 39.5 Å². The van der Waals surface area contributed by atoms with Crippen LogP contribution in [0.3, 0.4) is 0 Å². The molecule has 0 saturated heterocycles. The minimum absolute atomic E-state index is 0.0783. The molecule has 1 N–H and O–H groups in total. The summed E-state index contributed by atoms with van der Waals surface area (Å²) in [4.78, 5) is 0. The molecule has 1 fully saturated rings. The van der Waals surface area contributed by atoms with Crippen LogP contribution >= 0.6 is 0 Å². The van der Waals surface area contributed by atoms with Crippen molar-refractivity contribution in [2.45, 2.75) is 45.6 Å². The van der Waals surface area contributed by atoms with Gasteiger partial charge in [0.25, 0.3) is 0 Å². The molecule has 1 aliphatic rings. The van der Waals surface area contributed by atoms with Gasteiger partial charge >= 0.3 is 0 Å². The summed E-state index contributed by atoms with van der Waals surface area (Å²) in [7, 11) is 0. The molecular formula is C11H20O. The van der Waals surface area contributed by atoms with Crippen molar-refractivity contribution in [3.8, 4) is 0 Å². The van der Waals surface area contributed by atoms with E-state index in [2.05, 4.69) is 20.4 Å². The lowest BCUT2D eigenvalue weighted by molar-refractivity contribution is 0.0494. The van der Waals surface area contributed by atoms with Gasteiger partial charge in [-0.1, -0.05) is 31.9 Å². The van der Waals surface area contributed by atoms with Gasteiger partial charge in [-0.2, -0.15) is 0 Å². The molecule has 0 bridgehead atoms. The van der Waals surface area contributed by atoms with E-state index in [-0.39, 0.29) is 6.10 Å². The van der Waals surface area contributed by atoms with Gasteiger partial charge in [0.05, 0.1) is 6.10 Å². The van der Waals surface area contributed by atoms with E-state index in [9.17, 15) is 5.11 Å². The maximum absolute atomic E-state index is 9.75. The molecule has 1 saturated carbocycles. The molecule has 1 heteroatoms. The highest BCUT2D eigenvalue weighted by Crippen LogP contribution is 2.33. The Morgan fingerprint density at radius 1 is 1.42 bits per heavy atom. The first-order chi connectivity index (χ1) is 5.63. The van der Waals surface area contributed by atoms with E-state index >= 15 is 0 Å². The predicted molar refractivity (Wildman–Crippen MR) is 51.9 cm³/mol. The van der Waals surface area contributed by atoms with Crippen LogP contribution in [0.2, 0.25) is 0 Å². The van der Waals surface area contributed by atoms with Crippen LogP contribution < -0.4 is 0 Å². The molecule has 0 aromatic carbocycles. The molecule has 0 aromatic heterocycles. The number of rotatable bonds is 2. The molecule has 0 aliphatic heterocycles. The zero-order chi connectivity index (χ0) is 9.14. The average molecular weight is 168 g/mol. The third-order valence-corrected chi connectivity index (χ3v) is 3.20. The molecule has 1 nitrogen and oxygen atoms in total. The molecule has 0 amide bonds. The van der Waals surface area contributed by atoms with E-state index in [4.69, 9.17) is 0 Å². The number of allylic oxidation sites excluding steroid dienone is 1. The molecule has 0 spiro atoms. The maximum atomic E-state index is 9.75. The Kier molecular flexibility index (Phi) is 3.33. The summed E-state index contributed by atoms with van der Waals surface area (Å²) >= 11 is 0. The van der Waals surface area contributed by atoms with Crippen molar-refractivity contribution in [3.63, 3.8) is 0 Å². The highest BCUT2D eigenvalue weighted by atomic mass is 16.3. The highest BCUT2D eigenvalue weighted by Gasteiger charge is 2.27. The lowest BCUT2D eigenvalue weighted by atomic mass is 9.76. The van der Waals surface area contributed by atoms with Crippen molar-refractivity contribution >= 4 is 0 Å². The van der Waals surface area contributed by atoms with Crippen LogP contribution in [0, 0.1) is 11.8 Å². The van der Waals surface area contributed by atoms with Crippen LogP contribution in [0.4, 0.5) is 0 Å². The minimum atomic E-state index is -0.0783. The molecular weight excluding hydrogens is 148 g/mol. The van der Waals surface area contributed by atoms with Crippen molar-refractivity contribution in [3.05, 3.63) is 12.2 Å². The van der Waals surface area contributed by atoms with Crippen molar-refractivity contribution in [2.75, 3.05) is 0 Å². The van der Waals surface area contributed by atoms with Crippen LogP contribution in [0.25, 0.3) is 0 Å². The fraction of sp³-hybridized carbons (Fsp3) is 0.818. The molecule has 70 valence electrons. The van der Waals surface area contributed by atoms with Gasteiger partial charge in [0, 0.05) is 0 Å². The molecule has 1 rings (SSSR count). The third kappa shape index (κ3) is 2.10. The SMILES string of the molecule is C=C(C)C(C)C1CCCCC1O. The first kappa shape index (κ1) is 9.79. The molecule has 0 aromatic rings. The van der Waals surface area contributed by atoms with Gasteiger partial charge in [0.2, 0.25) is 0 Å². The molecule has 12 heavy (non-hydrogen) atoms. The van der Waals surface area contributed by atoms with Crippen LogP contribution in [0.5, 0.6) is 0 Å². The van der Waals surface area contributed by atoms with Crippen LogP contribution in [-0.4, -0.2) is 11.2 Å². The number of hydrogen-bond acceptors (Lipinski definition) is 1. The Labute approximate surface area is 75.5 Å². The number of hydrogen-bond donors (Lipinski definition) is 1. The first-order valence-electron chi connectivity index (χ1n) is 4.96. The van der Waals surface area contributed by atoms with Gasteiger partial charge in [-0.15, -0.1) is 0 Å². The Hall–Kier alpha value is -0.300. The summed E-state index contributed by atoms with van der Waals surface area (Å²) in [6.07, 6.45) is 4.56. The fourth-order valence-corrected chi connectivity index (χ4v) is 2.09. The van der Waals surface area contributed by atoms with Gasteiger partial charge in [-0.3, -0.25) is 0 Å². The van der Waals surface area contributed by atoms with Crippen LogP contribution in [0.15, 0.2) is 12.2 Å². The summed E-state index contributed by atoms with van der Waals surface area (Å²) in [6, 6.07) is 0. The van der Waals surface area contributed by atoms with Crippen molar-refractivity contribution in [2.24, 2.45) is 11.8 Å². The maximum Gasteiger partial charge on any atom is 0.0574 e.